The number of carbonyl (C=O) groups excluding carboxylic acids is 1. The molecule has 2 aromatic rings. The van der Waals surface area contributed by atoms with Crippen LogP contribution in [0.2, 0.25) is 0 Å². The number of amides is 1. The van der Waals surface area contributed by atoms with Crippen LogP contribution < -0.4 is 11.1 Å². The summed E-state index contributed by atoms with van der Waals surface area (Å²) in [6, 6.07) is 14.6. The van der Waals surface area contributed by atoms with Crippen LogP contribution in [0.25, 0.3) is 0 Å². The summed E-state index contributed by atoms with van der Waals surface area (Å²) in [5.41, 5.74) is 9.37. The lowest BCUT2D eigenvalue weighted by atomic mass is 10.1. The van der Waals surface area contributed by atoms with Crippen LogP contribution in [0.1, 0.15) is 21.5 Å². The fourth-order valence-corrected chi connectivity index (χ4v) is 1.88. The topological polar surface area (TPSA) is 78.9 Å². The molecular weight excluding hydrogens is 250 g/mol. The molecule has 4 nitrogen and oxygen atoms in total. The van der Waals surface area contributed by atoms with Crippen molar-refractivity contribution in [1.82, 2.24) is 0 Å². The highest BCUT2D eigenvalue weighted by Gasteiger charge is 2.09. The Kier molecular flexibility index (Phi) is 4.02. The van der Waals surface area contributed by atoms with Crippen LogP contribution in [0.5, 0.6) is 0 Å². The maximum absolute atomic E-state index is 12.1. The lowest BCUT2D eigenvalue weighted by Crippen LogP contribution is -2.14. The van der Waals surface area contributed by atoms with Crippen LogP contribution in [0.3, 0.4) is 0 Å². The summed E-state index contributed by atoms with van der Waals surface area (Å²) in [6.07, 6.45) is 0.360. The van der Waals surface area contributed by atoms with E-state index in [4.69, 9.17) is 11.0 Å². The largest absolute Gasteiger partial charge is 0.398 e. The predicted octanol–water partition coefficient (Wildman–Crippen LogP) is 2.90. The summed E-state index contributed by atoms with van der Waals surface area (Å²) < 4.78 is 0. The number of carbonyl (C=O) groups is 1. The van der Waals surface area contributed by atoms with Crippen molar-refractivity contribution >= 4 is 17.3 Å². The first kappa shape index (κ1) is 13.6. The summed E-state index contributed by atoms with van der Waals surface area (Å²) in [4.78, 5) is 12.1. The van der Waals surface area contributed by atoms with E-state index < -0.39 is 0 Å². The van der Waals surface area contributed by atoms with Crippen molar-refractivity contribution in [3.63, 3.8) is 0 Å². The van der Waals surface area contributed by atoms with Gasteiger partial charge < -0.3 is 11.1 Å². The summed E-state index contributed by atoms with van der Waals surface area (Å²) >= 11 is 0. The first-order valence-corrected chi connectivity index (χ1v) is 6.23. The summed E-state index contributed by atoms with van der Waals surface area (Å²) in [7, 11) is 0. The van der Waals surface area contributed by atoms with E-state index in [2.05, 4.69) is 11.4 Å². The van der Waals surface area contributed by atoms with Crippen LogP contribution >= 0.6 is 0 Å². The zero-order valence-corrected chi connectivity index (χ0v) is 11.2. The Morgan fingerprint density at radius 1 is 1.25 bits per heavy atom. The maximum Gasteiger partial charge on any atom is 0.257 e. The number of hydrogen-bond donors (Lipinski definition) is 2. The molecular formula is C16H15N3O. The predicted molar refractivity (Wildman–Crippen MR) is 79.3 cm³/mol. The lowest BCUT2D eigenvalue weighted by Gasteiger charge is -2.08. The molecule has 0 heterocycles. The number of nitrogens with two attached hydrogens (primary N) is 1. The first-order valence-electron chi connectivity index (χ1n) is 6.23. The number of benzene rings is 2. The molecule has 4 heteroatoms. The van der Waals surface area contributed by atoms with E-state index in [1.54, 1.807) is 24.3 Å². The molecule has 1 amide bonds. The monoisotopic (exact) mass is 265 g/mol. The zero-order chi connectivity index (χ0) is 14.5. The van der Waals surface area contributed by atoms with Gasteiger partial charge in [0.1, 0.15) is 0 Å². The third kappa shape index (κ3) is 3.15. The second kappa shape index (κ2) is 5.89. The van der Waals surface area contributed by atoms with Crippen LogP contribution in [0.15, 0.2) is 42.5 Å². The summed E-state index contributed by atoms with van der Waals surface area (Å²) in [5.74, 6) is -0.240. The molecule has 0 radical (unpaired) electrons. The number of nitriles is 1. The Labute approximate surface area is 117 Å². The number of aryl methyl sites for hydroxylation is 1. The van der Waals surface area contributed by atoms with Crippen LogP contribution in [-0.4, -0.2) is 5.91 Å². The second-order valence-electron chi connectivity index (χ2n) is 4.58. The minimum atomic E-state index is -0.240. The molecule has 0 aliphatic heterocycles. The number of nitrogens with one attached hydrogen (secondary N) is 1. The van der Waals surface area contributed by atoms with Gasteiger partial charge in [-0.25, -0.2) is 0 Å². The minimum Gasteiger partial charge on any atom is -0.398 e. The Bertz CT molecular complexity index is 669. The molecule has 2 rings (SSSR count). The van der Waals surface area contributed by atoms with Gasteiger partial charge in [-0.1, -0.05) is 18.2 Å². The van der Waals surface area contributed by atoms with E-state index in [1.807, 2.05) is 25.1 Å². The van der Waals surface area contributed by atoms with Gasteiger partial charge in [0.15, 0.2) is 0 Å². The Morgan fingerprint density at radius 3 is 2.55 bits per heavy atom. The molecule has 0 aliphatic carbocycles. The Balaban J connectivity index is 2.13. The van der Waals surface area contributed by atoms with E-state index in [-0.39, 0.29) is 5.91 Å². The van der Waals surface area contributed by atoms with Gasteiger partial charge >= 0.3 is 0 Å². The summed E-state index contributed by atoms with van der Waals surface area (Å²) in [5, 5.41) is 11.4. The van der Waals surface area contributed by atoms with Gasteiger partial charge in [0.05, 0.1) is 18.1 Å². The smallest absolute Gasteiger partial charge is 0.257 e. The number of hydrogen-bond acceptors (Lipinski definition) is 3. The van der Waals surface area contributed by atoms with Gasteiger partial charge in [0, 0.05) is 11.4 Å². The minimum absolute atomic E-state index is 0.240. The molecule has 20 heavy (non-hydrogen) atoms. The first-order chi connectivity index (χ1) is 9.60. The molecule has 0 aromatic heterocycles. The van der Waals surface area contributed by atoms with Crippen molar-refractivity contribution in [2.45, 2.75) is 13.3 Å². The van der Waals surface area contributed by atoms with Gasteiger partial charge in [0.25, 0.3) is 5.91 Å². The van der Waals surface area contributed by atoms with E-state index >= 15 is 0 Å². The Hall–Kier alpha value is -2.80. The standard InChI is InChI=1S/C16H15N3O/c1-11-2-7-14(15(18)10-11)16(20)19-13-5-3-12(4-6-13)8-9-17/h2-7,10H,8,18H2,1H3,(H,19,20). The molecule has 100 valence electrons. The summed E-state index contributed by atoms with van der Waals surface area (Å²) in [6.45, 7) is 1.92. The molecule has 0 atom stereocenters. The van der Waals surface area contributed by atoms with Gasteiger partial charge in [-0.05, 0) is 42.3 Å². The van der Waals surface area contributed by atoms with Gasteiger partial charge in [0.2, 0.25) is 0 Å². The molecule has 0 fully saturated rings. The van der Waals surface area contributed by atoms with Crippen molar-refractivity contribution in [3.05, 3.63) is 59.2 Å². The fraction of sp³-hybridized carbons (Fsp3) is 0.125. The number of rotatable bonds is 3. The molecule has 2 aromatic carbocycles. The van der Waals surface area contributed by atoms with Crippen LogP contribution in [0, 0.1) is 18.3 Å². The lowest BCUT2D eigenvalue weighted by molar-refractivity contribution is 0.102. The number of anilines is 2. The molecule has 0 bridgehead atoms. The van der Waals surface area contributed by atoms with Gasteiger partial charge in [-0.15, -0.1) is 0 Å². The van der Waals surface area contributed by atoms with Crippen molar-refractivity contribution in [1.29, 1.82) is 5.26 Å². The third-order valence-corrected chi connectivity index (χ3v) is 2.95. The molecule has 0 saturated carbocycles. The highest BCUT2D eigenvalue weighted by molar-refractivity contribution is 6.07. The molecule has 0 spiro atoms. The Morgan fingerprint density at radius 2 is 1.95 bits per heavy atom. The van der Waals surface area contributed by atoms with Gasteiger partial charge in [-0.2, -0.15) is 5.26 Å². The molecule has 0 unspecified atom stereocenters. The quantitative estimate of drug-likeness (QED) is 0.837. The average molecular weight is 265 g/mol. The van der Waals surface area contributed by atoms with Crippen molar-refractivity contribution in [2.24, 2.45) is 0 Å². The van der Waals surface area contributed by atoms with Gasteiger partial charge in [-0.3, -0.25) is 4.79 Å². The number of nitrogens with zero attached hydrogens (tertiary/aromatic N) is 1. The highest BCUT2D eigenvalue weighted by atomic mass is 16.1. The molecule has 0 saturated heterocycles. The van der Waals surface area contributed by atoms with E-state index in [1.165, 1.54) is 0 Å². The normalized spacial score (nSPS) is 9.80. The third-order valence-electron chi connectivity index (χ3n) is 2.95. The SMILES string of the molecule is Cc1ccc(C(=O)Nc2ccc(CC#N)cc2)c(N)c1. The highest BCUT2D eigenvalue weighted by Crippen LogP contribution is 2.17. The second-order valence-corrected chi connectivity index (χ2v) is 4.58. The van der Waals surface area contributed by atoms with Crippen LogP contribution in [0.4, 0.5) is 11.4 Å². The number of nitrogen functional groups attached to an aromatic ring is 1. The van der Waals surface area contributed by atoms with Crippen molar-refractivity contribution in [3.8, 4) is 6.07 Å². The van der Waals surface area contributed by atoms with Crippen LogP contribution in [-0.2, 0) is 6.42 Å². The average Bonchev–Trinajstić information content (AvgIpc) is 2.41. The van der Waals surface area contributed by atoms with Crippen molar-refractivity contribution < 1.29 is 4.79 Å². The molecule has 3 N–H and O–H groups in total. The zero-order valence-electron chi connectivity index (χ0n) is 11.2. The van der Waals surface area contributed by atoms with Crippen molar-refractivity contribution in [2.75, 3.05) is 11.1 Å². The fourth-order valence-electron chi connectivity index (χ4n) is 1.88. The molecule has 0 aliphatic rings. The van der Waals surface area contributed by atoms with E-state index in [0.717, 1.165) is 11.1 Å². The van der Waals surface area contributed by atoms with E-state index in [9.17, 15) is 4.79 Å². The van der Waals surface area contributed by atoms with E-state index in [0.29, 0.717) is 23.4 Å². The maximum atomic E-state index is 12.1.